The summed E-state index contributed by atoms with van der Waals surface area (Å²) in [6, 6.07) is 0. The lowest BCUT2D eigenvalue weighted by molar-refractivity contribution is -0.120. The minimum absolute atomic E-state index is 0.139. The molecule has 0 aromatic rings. The van der Waals surface area contributed by atoms with E-state index >= 15 is 0 Å². The van der Waals surface area contributed by atoms with E-state index in [1.165, 1.54) is 0 Å². The van der Waals surface area contributed by atoms with Gasteiger partial charge in [0.1, 0.15) is 0 Å². The molecular weight excluding hydrogens is 122 g/mol. The molecule has 1 N–H and O–H groups in total. The van der Waals surface area contributed by atoms with Gasteiger partial charge < -0.3 is 5.32 Å². The van der Waals surface area contributed by atoms with Crippen LogP contribution in [-0.4, -0.2) is 10.9 Å². The predicted octanol–water partition coefficient (Wildman–Crippen LogP) is 0.0797. The lowest BCUT2D eigenvalue weighted by Crippen LogP contribution is -2.22. The van der Waals surface area contributed by atoms with E-state index in [1.807, 2.05) is 0 Å². The molecule has 0 unspecified atom stereocenters. The van der Waals surface area contributed by atoms with Gasteiger partial charge >= 0.3 is 0 Å². The number of carbonyl (C=O) groups excluding carboxylic acids is 1. The number of hydrogen-bond acceptors (Lipinski definition) is 2. The van der Waals surface area contributed by atoms with Crippen LogP contribution in [0.4, 0.5) is 0 Å². The molecular formula is C5H5NOS. The van der Waals surface area contributed by atoms with Gasteiger partial charge in [-0.2, -0.15) is 0 Å². The van der Waals surface area contributed by atoms with Crippen molar-refractivity contribution in [2.75, 3.05) is 0 Å². The van der Waals surface area contributed by atoms with Gasteiger partial charge in [-0.15, -0.1) is 0 Å². The van der Waals surface area contributed by atoms with Gasteiger partial charge in [0.05, 0.1) is 4.99 Å². The van der Waals surface area contributed by atoms with E-state index < -0.39 is 0 Å². The highest BCUT2D eigenvalue weighted by Crippen LogP contribution is 2.43. The second-order valence-corrected chi connectivity index (χ2v) is 2.74. The zero-order valence-electron chi connectivity index (χ0n) is 4.18. The quantitative estimate of drug-likeness (QED) is 0.467. The molecule has 1 amide bonds. The van der Waals surface area contributed by atoms with Crippen LogP contribution in [0.2, 0.25) is 0 Å². The van der Waals surface area contributed by atoms with Crippen LogP contribution < -0.4 is 5.32 Å². The molecule has 0 radical (unpaired) electrons. The monoisotopic (exact) mass is 127 g/mol. The van der Waals surface area contributed by atoms with Crippen molar-refractivity contribution in [3.8, 4) is 0 Å². The van der Waals surface area contributed by atoms with Crippen molar-refractivity contribution in [3.05, 3.63) is 0 Å². The van der Waals surface area contributed by atoms with Crippen molar-refractivity contribution in [2.45, 2.75) is 6.42 Å². The Kier molecular flexibility index (Phi) is 0.612. The highest BCUT2D eigenvalue weighted by Gasteiger charge is 2.51. The minimum Gasteiger partial charge on any atom is -0.320 e. The number of thiocarbonyl (C=S) groups is 1. The molecule has 1 saturated heterocycles. The van der Waals surface area contributed by atoms with Crippen LogP contribution in [0.25, 0.3) is 0 Å². The van der Waals surface area contributed by atoms with E-state index in [1.54, 1.807) is 0 Å². The molecule has 2 fully saturated rings. The molecule has 2 atom stereocenters. The van der Waals surface area contributed by atoms with Crippen molar-refractivity contribution >= 4 is 23.1 Å². The Balaban J connectivity index is 2.31. The van der Waals surface area contributed by atoms with E-state index in [9.17, 15) is 4.79 Å². The summed E-state index contributed by atoms with van der Waals surface area (Å²) in [4.78, 5) is 11.4. The Morgan fingerprint density at radius 3 is 2.50 bits per heavy atom. The molecule has 2 aliphatic rings. The van der Waals surface area contributed by atoms with Crippen LogP contribution in [0.5, 0.6) is 0 Å². The molecule has 1 aliphatic carbocycles. The first-order valence-electron chi connectivity index (χ1n) is 2.64. The second kappa shape index (κ2) is 1.10. The van der Waals surface area contributed by atoms with Gasteiger partial charge in [0.25, 0.3) is 0 Å². The average Bonchev–Trinajstić information content (AvgIpc) is 2.35. The van der Waals surface area contributed by atoms with E-state index in [0.717, 1.165) is 11.4 Å². The van der Waals surface area contributed by atoms with Crippen LogP contribution in [0, 0.1) is 11.8 Å². The SMILES string of the molecule is O=C1NC(=S)[C@@H]2C[C@H]12. The van der Waals surface area contributed by atoms with E-state index in [4.69, 9.17) is 12.2 Å². The summed E-state index contributed by atoms with van der Waals surface area (Å²) < 4.78 is 0. The zero-order chi connectivity index (χ0) is 5.72. The molecule has 8 heavy (non-hydrogen) atoms. The fraction of sp³-hybridized carbons (Fsp3) is 0.600. The van der Waals surface area contributed by atoms with Crippen LogP contribution >= 0.6 is 12.2 Å². The lowest BCUT2D eigenvalue weighted by Gasteiger charge is -1.92. The topological polar surface area (TPSA) is 29.1 Å². The van der Waals surface area contributed by atoms with Crippen molar-refractivity contribution in [2.24, 2.45) is 11.8 Å². The summed E-state index contributed by atoms with van der Waals surface area (Å²) in [5, 5.41) is 2.61. The van der Waals surface area contributed by atoms with E-state index in [-0.39, 0.29) is 11.8 Å². The summed E-state index contributed by atoms with van der Waals surface area (Å²) in [6.07, 6.45) is 1.00. The molecule has 0 bridgehead atoms. The maximum absolute atomic E-state index is 10.6. The summed E-state index contributed by atoms with van der Waals surface area (Å²) in [5.41, 5.74) is 0. The maximum atomic E-state index is 10.6. The molecule has 1 saturated carbocycles. The molecule has 3 heteroatoms. The molecule has 2 rings (SSSR count). The van der Waals surface area contributed by atoms with Crippen LogP contribution in [-0.2, 0) is 4.79 Å². The molecule has 42 valence electrons. The molecule has 1 aliphatic heterocycles. The van der Waals surface area contributed by atoms with Crippen molar-refractivity contribution in [1.82, 2.24) is 5.32 Å². The first-order valence-corrected chi connectivity index (χ1v) is 3.04. The Bertz CT molecular complexity index is 159. The molecule has 0 spiro atoms. The molecule has 2 nitrogen and oxygen atoms in total. The number of amides is 1. The van der Waals surface area contributed by atoms with Crippen molar-refractivity contribution in [1.29, 1.82) is 0 Å². The zero-order valence-corrected chi connectivity index (χ0v) is 4.99. The van der Waals surface area contributed by atoms with Gasteiger partial charge in [-0.3, -0.25) is 4.79 Å². The molecule has 1 heterocycles. The summed E-state index contributed by atoms with van der Waals surface area (Å²) in [5.74, 6) is 0.833. The minimum atomic E-state index is 0.139. The smallest absolute Gasteiger partial charge is 0.228 e. The Labute approximate surface area is 52.3 Å². The first-order chi connectivity index (χ1) is 3.79. The van der Waals surface area contributed by atoms with Gasteiger partial charge in [-0.05, 0) is 6.42 Å². The van der Waals surface area contributed by atoms with Gasteiger partial charge in [0.15, 0.2) is 0 Å². The number of carbonyl (C=O) groups is 1. The highest BCUT2D eigenvalue weighted by molar-refractivity contribution is 7.80. The van der Waals surface area contributed by atoms with Gasteiger partial charge in [-0.1, -0.05) is 12.2 Å². The Hall–Kier alpha value is -0.440. The maximum Gasteiger partial charge on any atom is 0.228 e. The third-order valence-corrected chi connectivity index (χ3v) is 2.12. The first kappa shape index (κ1) is 4.44. The second-order valence-electron chi connectivity index (χ2n) is 2.30. The Morgan fingerprint density at radius 2 is 2.38 bits per heavy atom. The number of hydrogen-bond donors (Lipinski definition) is 1. The standard InChI is InChI=1S/C5H5NOS/c7-4-2-1-3(2)5(8)6-4/h2-3H,1H2,(H,6,7,8)/t2-,3+/m0/s1. The van der Waals surface area contributed by atoms with E-state index in [2.05, 4.69) is 5.32 Å². The Morgan fingerprint density at radius 1 is 1.62 bits per heavy atom. The van der Waals surface area contributed by atoms with Crippen LogP contribution in [0.3, 0.4) is 0 Å². The third-order valence-electron chi connectivity index (χ3n) is 1.71. The summed E-state index contributed by atoms with van der Waals surface area (Å²) >= 11 is 4.83. The number of fused-ring (bicyclic) bond motifs is 1. The predicted molar refractivity (Wildman–Crippen MR) is 32.3 cm³/mol. The lowest BCUT2D eigenvalue weighted by atomic mass is 10.4. The largest absolute Gasteiger partial charge is 0.320 e. The number of piperidine rings is 1. The van der Waals surface area contributed by atoms with Gasteiger partial charge in [0.2, 0.25) is 5.91 Å². The van der Waals surface area contributed by atoms with Crippen LogP contribution in [0.1, 0.15) is 6.42 Å². The highest BCUT2D eigenvalue weighted by atomic mass is 32.1. The number of rotatable bonds is 0. The number of nitrogens with one attached hydrogen (secondary N) is 1. The van der Waals surface area contributed by atoms with E-state index in [0.29, 0.717) is 5.92 Å². The normalized spacial score (nSPS) is 41.5. The fourth-order valence-corrected chi connectivity index (χ4v) is 1.44. The van der Waals surface area contributed by atoms with Crippen molar-refractivity contribution < 1.29 is 4.79 Å². The van der Waals surface area contributed by atoms with Crippen molar-refractivity contribution in [3.63, 3.8) is 0 Å². The third kappa shape index (κ3) is 0.375. The van der Waals surface area contributed by atoms with Gasteiger partial charge in [-0.25, -0.2) is 0 Å². The average molecular weight is 127 g/mol. The van der Waals surface area contributed by atoms with Gasteiger partial charge in [0, 0.05) is 11.8 Å². The molecule has 0 aromatic carbocycles. The fourth-order valence-electron chi connectivity index (χ4n) is 1.08. The summed E-state index contributed by atoms with van der Waals surface area (Å²) in [6.45, 7) is 0. The molecule has 0 aromatic heterocycles. The summed E-state index contributed by atoms with van der Waals surface area (Å²) in [7, 11) is 0. The van der Waals surface area contributed by atoms with Crippen LogP contribution in [0.15, 0.2) is 0 Å².